The molecule has 1 aromatic rings. The van der Waals surface area contributed by atoms with Gasteiger partial charge in [0.05, 0.1) is 19.5 Å². The van der Waals surface area contributed by atoms with E-state index in [1.165, 1.54) is 19.5 Å². The van der Waals surface area contributed by atoms with Crippen LogP contribution in [0.4, 0.5) is 5.82 Å². The Morgan fingerprint density at radius 2 is 2.18 bits per heavy atom. The van der Waals surface area contributed by atoms with Crippen molar-refractivity contribution in [1.82, 2.24) is 9.97 Å². The standard InChI is InChI=1S/C10H14N4O3/c1-17-10(16)7-5-14-9(6-13-7)12-4-2-3-8(11)15/h5-6H,2-4H2,1H3,(H2,11,15)(H,12,14). The molecule has 0 aromatic carbocycles. The third kappa shape index (κ3) is 4.45. The highest BCUT2D eigenvalue weighted by atomic mass is 16.5. The molecule has 92 valence electrons. The Bertz CT molecular complexity index is 391. The first-order chi connectivity index (χ1) is 8.13. The van der Waals surface area contributed by atoms with Crippen LogP contribution in [0.5, 0.6) is 0 Å². The van der Waals surface area contributed by atoms with Crippen LogP contribution >= 0.6 is 0 Å². The molecule has 7 nitrogen and oxygen atoms in total. The van der Waals surface area contributed by atoms with E-state index in [-0.39, 0.29) is 11.6 Å². The van der Waals surface area contributed by atoms with Gasteiger partial charge in [0.2, 0.25) is 5.91 Å². The maximum atomic E-state index is 11.1. The summed E-state index contributed by atoms with van der Waals surface area (Å²) in [6, 6.07) is 0. The maximum absolute atomic E-state index is 11.1. The van der Waals surface area contributed by atoms with Crippen LogP contribution in [0.1, 0.15) is 23.3 Å². The molecule has 17 heavy (non-hydrogen) atoms. The number of methoxy groups -OCH3 is 1. The second-order valence-corrected chi connectivity index (χ2v) is 3.28. The fourth-order valence-corrected chi connectivity index (χ4v) is 1.11. The number of nitrogens with zero attached hydrogens (tertiary/aromatic N) is 2. The monoisotopic (exact) mass is 238 g/mol. The summed E-state index contributed by atoms with van der Waals surface area (Å²) in [5.74, 6) is -0.334. The fourth-order valence-electron chi connectivity index (χ4n) is 1.11. The van der Waals surface area contributed by atoms with Crippen LogP contribution in [0.25, 0.3) is 0 Å². The number of anilines is 1. The molecule has 0 saturated heterocycles. The van der Waals surface area contributed by atoms with Crippen molar-refractivity contribution in [2.24, 2.45) is 5.73 Å². The van der Waals surface area contributed by atoms with Crippen LogP contribution in [-0.4, -0.2) is 35.5 Å². The minimum Gasteiger partial charge on any atom is -0.464 e. The van der Waals surface area contributed by atoms with Gasteiger partial charge in [0, 0.05) is 13.0 Å². The lowest BCUT2D eigenvalue weighted by Crippen LogP contribution is -2.13. The number of nitrogens with two attached hydrogens (primary N) is 1. The number of hydrogen-bond donors (Lipinski definition) is 2. The van der Waals surface area contributed by atoms with Crippen molar-refractivity contribution in [3.05, 3.63) is 18.1 Å². The normalized spacial score (nSPS) is 9.71. The Hall–Kier alpha value is -2.18. The van der Waals surface area contributed by atoms with Crippen LogP contribution < -0.4 is 11.1 Å². The summed E-state index contributed by atoms with van der Waals surface area (Å²) in [5.41, 5.74) is 5.14. The SMILES string of the molecule is COC(=O)c1cnc(NCCCC(N)=O)cn1. The third-order valence-corrected chi connectivity index (χ3v) is 1.95. The molecule has 1 rings (SSSR count). The van der Waals surface area contributed by atoms with Crippen LogP contribution in [0.3, 0.4) is 0 Å². The van der Waals surface area contributed by atoms with Gasteiger partial charge < -0.3 is 15.8 Å². The van der Waals surface area contributed by atoms with E-state index in [2.05, 4.69) is 20.0 Å². The number of ether oxygens (including phenoxy) is 1. The average Bonchev–Trinajstić information content (AvgIpc) is 2.34. The molecule has 7 heteroatoms. The summed E-state index contributed by atoms with van der Waals surface area (Å²) in [5, 5.41) is 2.95. The van der Waals surface area contributed by atoms with Crippen LogP contribution in [-0.2, 0) is 9.53 Å². The van der Waals surface area contributed by atoms with Crippen molar-refractivity contribution < 1.29 is 14.3 Å². The van der Waals surface area contributed by atoms with Gasteiger partial charge in [0.15, 0.2) is 5.69 Å². The molecule has 0 radical (unpaired) electrons. The largest absolute Gasteiger partial charge is 0.464 e. The molecular weight excluding hydrogens is 224 g/mol. The minimum absolute atomic E-state index is 0.148. The van der Waals surface area contributed by atoms with Gasteiger partial charge in [0.25, 0.3) is 0 Å². The Kier molecular flexibility index (Phi) is 4.86. The Labute approximate surface area is 98.4 Å². The quantitative estimate of drug-likeness (QED) is 0.531. The summed E-state index contributed by atoms with van der Waals surface area (Å²) >= 11 is 0. The molecular formula is C10H14N4O3. The van der Waals surface area contributed by atoms with E-state index in [4.69, 9.17) is 5.73 Å². The maximum Gasteiger partial charge on any atom is 0.358 e. The first kappa shape index (κ1) is 12.9. The second kappa shape index (κ2) is 6.41. The van der Waals surface area contributed by atoms with E-state index in [1.54, 1.807) is 0 Å². The topological polar surface area (TPSA) is 107 Å². The van der Waals surface area contributed by atoms with E-state index < -0.39 is 5.97 Å². The summed E-state index contributed by atoms with van der Waals surface area (Å²) in [7, 11) is 1.28. The molecule has 1 aromatic heterocycles. The number of primary amides is 1. The van der Waals surface area contributed by atoms with Crippen molar-refractivity contribution in [1.29, 1.82) is 0 Å². The molecule has 0 aliphatic heterocycles. The first-order valence-electron chi connectivity index (χ1n) is 5.06. The lowest BCUT2D eigenvalue weighted by atomic mass is 10.3. The zero-order chi connectivity index (χ0) is 12.7. The number of esters is 1. The Morgan fingerprint density at radius 1 is 1.41 bits per heavy atom. The van der Waals surface area contributed by atoms with Crippen LogP contribution in [0.2, 0.25) is 0 Å². The number of nitrogens with one attached hydrogen (secondary N) is 1. The highest BCUT2D eigenvalue weighted by Crippen LogP contribution is 2.02. The molecule has 0 aliphatic carbocycles. The zero-order valence-corrected chi connectivity index (χ0v) is 9.47. The van der Waals surface area contributed by atoms with Crippen molar-refractivity contribution in [2.45, 2.75) is 12.8 Å². The van der Waals surface area contributed by atoms with Gasteiger partial charge in [-0.05, 0) is 6.42 Å². The third-order valence-electron chi connectivity index (χ3n) is 1.95. The Balaban J connectivity index is 2.40. The number of hydrogen-bond acceptors (Lipinski definition) is 6. The van der Waals surface area contributed by atoms with Gasteiger partial charge in [-0.25, -0.2) is 14.8 Å². The molecule has 1 amide bonds. The van der Waals surface area contributed by atoms with Gasteiger partial charge in [0.1, 0.15) is 5.82 Å². The number of carbonyl (C=O) groups excluding carboxylic acids is 2. The van der Waals surface area contributed by atoms with Crippen molar-refractivity contribution in [3.63, 3.8) is 0 Å². The summed E-state index contributed by atoms with van der Waals surface area (Å²) in [6.45, 7) is 0.565. The molecule has 0 bridgehead atoms. The van der Waals surface area contributed by atoms with Crippen LogP contribution in [0.15, 0.2) is 12.4 Å². The van der Waals surface area contributed by atoms with Gasteiger partial charge in [-0.15, -0.1) is 0 Å². The molecule has 0 spiro atoms. The van der Waals surface area contributed by atoms with Gasteiger partial charge in [-0.2, -0.15) is 0 Å². The Morgan fingerprint density at radius 3 is 2.71 bits per heavy atom. The highest BCUT2D eigenvalue weighted by molar-refractivity contribution is 5.86. The summed E-state index contributed by atoms with van der Waals surface area (Å²) in [6.07, 6.45) is 3.69. The zero-order valence-electron chi connectivity index (χ0n) is 9.47. The fraction of sp³-hybridized carbons (Fsp3) is 0.400. The number of rotatable bonds is 6. The second-order valence-electron chi connectivity index (χ2n) is 3.28. The van der Waals surface area contributed by atoms with E-state index in [0.29, 0.717) is 25.2 Å². The van der Waals surface area contributed by atoms with Crippen molar-refractivity contribution in [2.75, 3.05) is 19.0 Å². The number of amides is 1. The molecule has 3 N–H and O–H groups in total. The van der Waals surface area contributed by atoms with E-state index in [0.717, 1.165) is 0 Å². The molecule has 0 unspecified atom stereocenters. The predicted molar refractivity (Wildman–Crippen MR) is 60.3 cm³/mol. The van der Waals surface area contributed by atoms with E-state index in [1.807, 2.05) is 0 Å². The first-order valence-corrected chi connectivity index (χ1v) is 5.06. The molecule has 0 aliphatic rings. The smallest absolute Gasteiger partial charge is 0.358 e. The molecule has 1 heterocycles. The van der Waals surface area contributed by atoms with Gasteiger partial charge >= 0.3 is 5.97 Å². The van der Waals surface area contributed by atoms with Crippen molar-refractivity contribution in [3.8, 4) is 0 Å². The molecule has 0 atom stereocenters. The summed E-state index contributed by atoms with van der Waals surface area (Å²) in [4.78, 5) is 29.4. The lowest BCUT2D eigenvalue weighted by Gasteiger charge is -2.04. The molecule has 0 fully saturated rings. The minimum atomic E-state index is -0.530. The average molecular weight is 238 g/mol. The molecule has 0 saturated carbocycles. The van der Waals surface area contributed by atoms with E-state index >= 15 is 0 Å². The van der Waals surface area contributed by atoms with E-state index in [9.17, 15) is 9.59 Å². The van der Waals surface area contributed by atoms with Gasteiger partial charge in [-0.3, -0.25) is 4.79 Å². The number of carbonyl (C=O) groups is 2. The lowest BCUT2D eigenvalue weighted by molar-refractivity contribution is -0.118. The highest BCUT2D eigenvalue weighted by Gasteiger charge is 2.06. The van der Waals surface area contributed by atoms with Gasteiger partial charge in [-0.1, -0.05) is 0 Å². The summed E-state index contributed by atoms with van der Waals surface area (Å²) < 4.78 is 4.49. The van der Waals surface area contributed by atoms with Crippen LogP contribution in [0, 0.1) is 0 Å². The van der Waals surface area contributed by atoms with Crippen molar-refractivity contribution >= 4 is 17.7 Å². The number of aromatic nitrogens is 2. The predicted octanol–water partition coefficient (Wildman–Crippen LogP) is -0.0594.